The Bertz CT molecular complexity index is 527. The molecule has 0 unspecified atom stereocenters. The summed E-state index contributed by atoms with van der Waals surface area (Å²) in [6, 6.07) is 5.97. The summed E-state index contributed by atoms with van der Waals surface area (Å²) in [5, 5.41) is 9.18. The molecule has 1 aromatic carbocycles. The van der Waals surface area contributed by atoms with E-state index in [1.165, 1.54) is 6.07 Å². The molecular formula is C14H18FN3O2S. The molecule has 1 aliphatic rings. The maximum Gasteiger partial charge on any atom is 0.242 e. The Labute approximate surface area is 128 Å². The largest absolute Gasteiger partial charge is 0.489 e. The first-order valence-electron chi connectivity index (χ1n) is 6.78. The smallest absolute Gasteiger partial charge is 0.242 e. The van der Waals surface area contributed by atoms with Crippen molar-refractivity contribution in [3.63, 3.8) is 0 Å². The predicted molar refractivity (Wildman–Crippen MR) is 81.6 cm³/mol. The Hall–Kier alpha value is -1.89. The zero-order valence-electron chi connectivity index (χ0n) is 11.7. The topological polar surface area (TPSA) is 62.4 Å². The molecule has 1 fully saturated rings. The van der Waals surface area contributed by atoms with Crippen molar-refractivity contribution in [2.75, 3.05) is 13.2 Å². The van der Waals surface area contributed by atoms with Gasteiger partial charge in [0.25, 0.3) is 0 Å². The molecule has 1 aliphatic heterocycles. The van der Waals surface area contributed by atoms with Gasteiger partial charge in [-0.1, -0.05) is 12.1 Å². The number of hydrogen-bond acceptors (Lipinski definition) is 3. The van der Waals surface area contributed by atoms with Gasteiger partial charge in [-0.3, -0.25) is 4.79 Å². The zero-order chi connectivity index (χ0) is 15.2. The molecule has 1 heterocycles. The normalized spacial score (nSPS) is 21.1. The fraction of sp³-hybridized carbons (Fsp3) is 0.429. The maximum absolute atomic E-state index is 13.3. The Balaban J connectivity index is 1.72. The summed E-state index contributed by atoms with van der Waals surface area (Å²) in [5.74, 6) is -0.368. The molecule has 0 radical (unpaired) electrons. The molecular weight excluding hydrogens is 293 g/mol. The number of nitrogens with one attached hydrogen (secondary N) is 3. The summed E-state index contributed by atoms with van der Waals surface area (Å²) in [6.45, 7) is 2.48. The number of hydrogen-bond donors (Lipinski definition) is 3. The van der Waals surface area contributed by atoms with Crippen LogP contribution in [0.3, 0.4) is 0 Å². The number of amides is 1. The predicted octanol–water partition coefficient (Wildman–Crippen LogP) is 0.946. The van der Waals surface area contributed by atoms with Crippen LogP contribution in [0.2, 0.25) is 0 Å². The first kappa shape index (κ1) is 15.5. The lowest BCUT2D eigenvalue weighted by molar-refractivity contribution is -0.123. The maximum atomic E-state index is 13.3. The standard InChI is InChI=1S/C14H18FN3O2S/c1-9-8-11(18-14(21)17-9)13(19)16-6-7-20-12-5-3-2-4-10(12)15/h2-5,9,11H,6-8H2,1H3,(H,16,19)(H2,17,18,21)/t9-,11+/m1/s1. The molecule has 0 aliphatic carbocycles. The van der Waals surface area contributed by atoms with Crippen molar-refractivity contribution in [2.24, 2.45) is 0 Å². The number of carbonyl (C=O) groups is 1. The molecule has 1 aromatic rings. The Morgan fingerprint density at radius 3 is 2.95 bits per heavy atom. The van der Waals surface area contributed by atoms with E-state index < -0.39 is 5.82 Å². The fourth-order valence-electron chi connectivity index (χ4n) is 2.09. The lowest BCUT2D eigenvalue weighted by Gasteiger charge is -2.30. The summed E-state index contributed by atoms with van der Waals surface area (Å²) >= 11 is 5.02. The second-order valence-corrected chi connectivity index (χ2v) is 5.29. The van der Waals surface area contributed by atoms with Crippen LogP contribution in [0.25, 0.3) is 0 Å². The van der Waals surface area contributed by atoms with Crippen molar-refractivity contribution in [1.82, 2.24) is 16.0 Å². The van der Waals surface area contributed by atoms with Gasteiger partial charge in [-0.15, -0.1) is 0 Å². The second kappa shape index (κ2) is 7.21. The van der Waals surface area contributed by atoms with Crippen LogP contribution in [-0.2, 0) is 4.79 Å². The summed E-state index contributed by atoms with van der Waals surface area (Å²) in [5.41, 5.74) is 0. The van der Waals surface area contributed by atoms with Gasteiger partial charge in [0.15, 0.2) is 16.7 Å². The van der Waals surface area contributed by atoms with Gasteiger partial charge in [-0.2, -0.15) is 0 Å². The summed E-state index contributed by atoms with van der Waals surface area (Å²) in [6.07, 6.45) is 0.653. The molecule has 2 rings (SSSR count). The van der Waals surface area contributed by atoms with Crippen LogP contribution in [0.4, 0.5) is 4.39 Å². The lowest BCUT2D eigenvalue weighted by Crippen LogP contribution is -2.58. The summed E-state index contributed by atoms with van der Waals surface area (Å²) in [7, 11) is 0. The molecule has 1 saturated heterocycles. The van der Waals surface area contributed by atoms with Crippen LogP contribution in [0.15, 0.2) is 24.3 Å². The number of para-hydroxylation sites is 1. The van der Waals surface area contributed by atoms with Gasteiger partial charge in [0.05, 0.1) is 6.54 Å². The van der Waals surface area contributed by atoms with E-state index in [0.29, 0.717) is 18.1 Å². The van der Waals surface area contributed by atoms with E-state index >= 15 is 0 Å². The lowest BCUT2D eigenvalue weighted by atomic mass is 10.1. The molecule has 1 amide bonds. The van der Waals surface area contributed by atoms with Gasteiger partial charge in [0.2, 0.25) is 5.91 Å². The number of benzene rings is 1. The summed E-state index contributed by atoms with van der Waals surface area (Å²) < 4.78 is 18.6. The molecule has 3 N–H and O–H groups in total. The molecule has 0 saturated carbocycles. The average molecular weight is 311 g/mol. The van der Waals surface area contributed by atoms with Crippen molar-refractivity contribution in [2.45, 2.75) is 25.4 Å². The number of thiocarbonyl (C=S) groups is 1. The highest BCUT2D eigenvalue weighted by Gasteiger charge is 2.26. The van der Waals surface area contributed by atoms with E-state index in [1.807, 2.05) is 6.92 Å². The molecule has 0 spiro atoms. The van der Waals surface area contributed by atoms with Crippen molar-refractivity contribution >= 4 is 23.2 Å². The highest BCUT2D eigenvalue weighted by molar-refractivity contribution is 7.80. The molecule has 5 nitrogen and oxygen atoms in total. The van der Waals surface area contributed by atoms with Crippen molar-refractivity contribution < 1.29 is 13.9 Å². The van der Waals surface area contributed by atoms with Gasteiger partial charge in [0.1, 0.15) is 12.6 Å². The van der Waals surface area contributed by atoms with E-state index in [0.717, 1.165) is 0 Å². The average Bonchev–Trinajstić information content (AvgIpc) is 2.44. The third-order valence-electron chi connectivity index (χ3n) is 3.08. The van der Waals surface area contributed by atoms with Crippen molar-refractivity contribution in [3.8, 4) is 5.75 Å². The number of carbonyl (C=O) groups excluding carboxylic acids is 1. The SMILES string of the molecule is C[C@@H]1C[C@@H](C(=O)NCCOc2ccccc2F)NC(=S)N1. The van der Waals surface area contributed by atoms with E-state index in [2.05, 4.69) is 16.0 Å². The molecule has 0 bridgehead atoms. The van der Waals surface area contributed by atoms with Crippen molar-refractivity contribution in [3.05, 3.63) is 30.1 Å². The minimum absolute atomic E-state index is 0.136. The molecule has 0 aromatic heterocycles. The van der Waals surface area contributed by atoms with Crippen LogP contribution < -0.4 is 20.7 Å². The molecule has 21 heavy (non-hydrogen) atoms. The number of halogens is 1. The Morgan fingerprint density at radius 1 is 1.48 bits per heavy atom. The number of rotatable bonds is 5. The monoisotopic (exact) mass is 311 g/mol. The minimum Gasteiger partial charge on any atom is -0.489 e. The van der Waals surface area contributed by atoms with Crippen LogP contribution in [0.5, 0.6) is 5.75 Å². The molecule has 2 atom stereocenters. The third-order valence-corrected chi connectivity index (χ3v) is 3.32. The fourth-order valence-corrected chi connectivity index (χ4v) is 2.43. The molecule has 114 valence electrons. The van der Waals surface area contributed by atoms with E-state index in [-0.39, 0.29) is 30.3 Å². The van der Waals surface area contributed by atoms with Crippen LogP contribution in [0.1, 0.15) is 13.3 Å². The summed E-state index contributed by atoms with van der Waals surface area (Å²) in [4.78, 5) is 12.0. The highest BCUT2D eigenvalue weighted by Crippen LogP contribution is 2.14. The minimum atomic E-state index is -0.414. The van der Waals surface area contributed by atoms with Gasteiger partial charge >= 0.3 is 0 Å². The highest BCUT2D eigenvalue weighted by atomic mass is 32.1. The van der Waals surface area contributed by atoms with E-state index in [9.17, 15) is 9.18 Å². The zero-order valence-corrected chi connectivity index (χ0v) is 12.5. The van der Waals surface area contributed by atoms with Crippen LogP contribution >= 0.6 is 12.2 Å². The van der Waals surface area contributed by atoms with Gasteiger partial charge < -0.3 is 20.7 Å². The van der Waals surface area contributed by atoms with E-state index in [4.69, 9.17) is 17.0 Å². The third kappa shape index (κ3) is 4.56. The quantitative estimate of drug-likeness (QED) is 0.558. The molecule has 7 heteroatoms. The first-order valence-corrected chi connectivity index (χ1v) is 7.19. The first-order chi connectivity index (χ1) is 10.1. The van der Waals surface area contributed by atoms with Crippen LogP contribution in [-0.4, -0.2) is 36.3 Å². The Morgan fingerprint density at radius 2 is 2.24 bits per heavy atom. The van der Waals surface area contributed by atoms with Gasteiger partial charge in [-0.25, -0.2) is 4.39 Å². The van der Waals surface area contributed by atoms with Crippen molar-refractivity contribution in [1.29, 1.82) is 0 Å². The van der Waals surface area contributed by atoms with Gasteiger partial charge in [0, 0.05) is 6.04 Å². The second-order valence-electron chi connectivity index (χ2n) is 4.88. The van der Waals surface area contributed by atoms with Crippen LogP contribution in [0, 0.1) is 5.82 Å². The van der Waals surface area contributed by atoms with E-state index in [1.54, 1.807) is 18.2 Å². The van der Waals surface area contributed by atoms with Gasteiger partial charge in [-0.05, 0) is 37.7 Å². The Kier molecular flexibility index (Phi) is 5.32. The number of ether oxygens (including phenoxy) is 1.